The lowest BCUT2D eigenvalue weighted by Gasteiger charge is -2.16. The highest BCUT2D eigenvalue weighted by Gasteiger charge is 2.20. The maximum Gasteiger partial charge on any atom is 0.341 e. The molecule has 1 heterocycles. The van der Waals surface area contributed by atoms with Crippen LogP contribution in [0, 0.1) is 0 Å². The number of rotatable bonds is 0. The van der Waals surface area contributed by atoms with E-state index in [0.717, 1.165) is 5.56 Å². The van der Waals surface area contributed by atoms with E-state index in [0.29, 0.717) is 17.7 Å². The largest absolute Gasteiger partial charge is 0.423 e. The number of hydrogen-bond acceptors (Lipinski definition) is 3. The summed E-state index contributed by atoms with van der Waals surface area (Å²) in [4.78, 5) is 11.2. The van der Waals surface area contributed by atoms with E-state index in [1.54, 1.807) is 6.07 Å². The van der Waals surface area contributed by atoms with Crippen LogP contribution in [0.1, 0.15) is 5.56 Å². The first-order chi connectivity index (χ1) is 6.31. The summed E-state index contributed by atoms with van der Waals surface area (Å²) in [7, 11) is 0. The van der Waals surface area contributed by atoms with E-state index in [1.165, 1.54) is 6.20 Å². The lowest BCUT2D eigenvalue weighted by Crippen LogP contribution is -2.20. The Morgan fingerprint density at radius 2 is 2.15 bits per heavy atom. The van der Waals surface area contributed by atoms with Crippen LogP contribution in [0.25, 0.3) is 0 Å². The van der Waals surface area contributed by atoms with Crippen LogP contribution >= 0.6 is 0 Å². The Bertz CT molecular complexity index is 382. The third-order valence-electron chi connectivity index (χ3n) is 2.02. The smallest absolute Gasteiger partial charge is 0.341 e. The van der Waals surface area contributed by atoms with Gasteiger partial charge in [0.05, 0.1) is 5.57 Å². The Morgan fingerprint density at radius 3 is 2.92 bits per heavy atom. The molecule has 0 saturated carbocycles. The van der Waals surface area contributed by atoms with Crippen molar-refractivity contribution in [2.45, 2.75) is 6.42 Å². The lowest BCUT2D eigenvalue weighted by molar-refractivity contribution is -0.130. The van der Waals surface area contributed by atoms with E-state index in [-0.39, 0.29) is 5.97 Å². The molecule has 0 aromatic heterocycles. The number of esters is 1. The van der Waals surface area contributed by atoms with Crippen molar-refractivity contribution in [3.8, 4) is 5.75 Å². The monoisotopic (exact) mass is 175 g/mol. The van der Waals surface area contributed by atoms with E-state index in [4.69, 9.17) is 10.5 Å². The van der Waals surface area contributed by atoms with Gasteiger partial charge in [0.1, 0.15) is 5.75 Å². The molecule has 0 amide bonds. The topological polar surface area (TPSA) is 52.3 Å². The van der Waals surface area contributed by atoms with E-state index in [2.05, 4.69) is 0 Å². The zero-order chi connectivity index (χ0) is 9.26. The Kier molecular flexibility index (Phi) is 1.77. The van der Waals surface area contributed by atoms with Gasteiger partial charge < -0.3 is 10.5 Å². The minimum atomic E-state index is -0.346. The fourth-order valence-electron chi connectivity index (χ4n) is 1.32. The van der Waals surface area contributed by atoms with Crippen molar-refractivity contribution in [2.75, 3.05) is 0 Å². The molecule has 0 unspecified atom stereocenters. The van der Waals surface area contributed by atoms with E-state index in [1.807, 2.05) is 18.2 Å². The SMILES string of the molecule is NC=C1Cc2ccccc2OC1=O. The predicted octanol–water partition coefficient (Wildman–Crippen LogP) is 0.991. The molecule has 0 aliphatic carbocycles. The van der Waals surface area contributed by atoms with Gasteiger partial charge in [0.25, 0.3) is 0 Å². The molecule has 0 fully saturated rings. The van der Waals surface area contributed by atoms with Crippen LogP contribution in [0.4, 0.5) is 0 Å². The first-order valence-electron chi connectivity index (χ1n) is 4.02. The molecule has 66 valence electrons. The van der Waals surface area contributed by atoms with Gasteiger partial charge in [-0.1, -0.05) is 18.2 Å². The first kappa shape index (κ1) is 7.86. The number of benzene rings is 1. The maximum absolute atomic E-state index is 11.2. The van der Waals surface area contributed by atoms with Gasteiger partial charge in [0.15, 0.2) is 0 Å². The molecule has 13 heavy (non-hydrogen) atoms. The normalized spacial score (nSPS) is 18.2. The number of nitrogens with two attached hydrogens (primary N) is 1. The van der Waals surface area contributed by atoms with Crippen LogP contribution in [0.2, 0.25) is 0 Å². The van der Waals surface area contributed by atoms with Crippen molar-refractivity contribution >= 4 is 5.97 Å². The molecule has 0 atom stereocenters. The molecule has 2 N–H and O–H groups in total. The molecule has 3 heteroatoms. The highest BCUT2D eigenvalue weighted by molar-refractivity contribution is 5.92. The van der Waals surface area contributed by atoms with Crippen molar-refractivity contribution in [1.82, 2.24) is 0 Å². The molecule has 1 aliphatic rings. The molecule has 1 aromatic rings. The summed E-state index contributed by atoms with van der Waals surface area (Å²) in [6.07, 6.45) is 1.86. The number of carbonyl (C=O) groups excluding carboxylic acids is 1. The molecule has 0 radical (unpaired) electrons. The minimum Gasteiger partial charge on any atom is -0.423 e. The Hall–Kier alpha value is -1.77. The minimum absolute atomic E-state index is 0.346. The lowest BCUT2D eigenvalue weighted by atomic mass is 10.0. The van der Waals surface area contributed by atoms with Crippen LogP contribution in [-0.4, -0.2) is 5.97 Å². The van der Waals surface area contributed by atoms with Crippen LogP contribution in [-0.2, 0) is 11.2 Å². The van der Waals surface area contributed by atoms with Crippen LogP contribution in [0.3, 0.4) is 0 Å². The van der Waals surface area contributed by atoms with Gasteiger partial charge in [-0.3, -0.25) is 0 Å². The van der Waals surface area contributed by atoms with Crippen molar-refractivity contribution < 1.29 is 9.53 Å². The summed E-state index contributed by atoms with van der Waals surface area (Å²) < 4.78 is 5.05. The predicted molar refractivity (Wildman–Crippen MR) is 48.1 cm³/mol. The molecule has 3 nitrogen and oxygen atoms in total. The molecule has 0 bridgehead atoms. The second-order valence-corrected chi connectivity index (χ2v) is 2.87. The van der Waals surface area contributed by atoms with Crippen molar-refractivity contribution in [3.63, 3.8) is 0 Å². The van der Waals surface area contributed by atoms with Gasteiger partial charge in [-0.15, -0.1) is 0 Å². The summed E-state index contributed by atoms with van der Waals surface area (Å²) in [6, 6.07) is 7.45. The average molecular weight is 175 g/mol. The summed E-state index contributed by atoms with van der Waals surface area (Å²) in [5, 5.41) is 0. The summed E-state index contributed by atoms with van der Waals surface area (Å²) in [5.41, 5.74) is 6.80. The third-order valence-corrected chi connectivity index (χ3v) is 2.02. The number of para-hydroxylation sites is 1. The zero-order valence-corrected chi connectivity index (χ0v) is 6.99. The van der Waals surface area contributed by atoms with Crippen molar-refractivity contribution in [3.05, 3.63) is 41.6 Å². The molecule has 1 aromatic carbocycles. The fourth-order valence-corrected chi connectivity index (χ4v) is 1.32. The first-order valence-corrected chi connectivity index (χ1v) is 4.02. The fraction of sp³-hybridized carbons (Fsp3) is 0.100. The van der Waals surface area contributed by atoms with E-state index < -0.39 is 0 Å². The van der Waals surface area contributed by atoms with Crippen LogP contribution < -0.4 is 10.5 Å². The molecule has 0 spiro atoms. The standard InChI is InChI=1S/C10H9NO2/c11-6-8-5-7-3-1-2-4-9(7)13-10(8)12/h1-4,6H,5,11H2. The third kappa shape index (κ3) is 1.28. The average Bonchev–Trinajstić information content (AvgIpc) is 2.17. The summed E-state index contributed by atoms with van der Waals surface area (Å²) in [5.74, 6) is 0.291. The molecular formula is C10H9NO2. The van der Waals surface area contributed by atoms with Crippen molar-refractivity contribution in [1.29, 1.82) is 0 Å². The van der Waals surface area contributed by atoms with Gasteiger partial charge >= 0.3 is 5.97 Å². The van der Waals surface area contributed by atoms with Crippen LogP contribution in [0.15, 0.2) is 36.0 Å². The highest BCUT2D eigenvalue weighted by atomic mass is 16.5. The van der Waals surface area contributed by atoms with E-state index >= 15 is 0 Å². The van der Waals surface area contributed by atoms with Crippen molar-refractivity contribution in [2.24, 2.45) is 5.73 Å². The maximum atomic E-state index is 11.2. The van der Waals surface area contributed by atoms with Gasteiger partial charge in [0.2, 0.25) is 0 Å². The summed E-state index contributed by atoms with van der Waals surface area (Å²) in [6.45, 7) is 0. The Balaban J connectivity index is 2.44. The highest BCUT2D eigenvalue weighted by Crippen LogP contribution is 2.26. The molecular weight excluding hydrogens is 166 g/mol. The Morgan fingerprint density at radius 1 is 1.38 bits per heavy atom. The van der Waals surface area contributed by atoms with Gasteiger partial charge in [0, 0.05) is 12.6 Å². The molecule has 1 aliphatic heterocycles. The van der Waals surface area contributed by atoms with Gasteiger partial charge in [-0.05, 0) is 11.6 Å². The summed E-state index contributed by atoms with van der Waals surface area (Å²) >= 11 is 0. The number of carbonyl (C=O) groups is 1. The van der Waals surface area contributed by atoms with Crippen LogP contribution in [0.5, 0.6) is 5.75 Å². The van der Waals surface area contributed by atoms with E-state index in [9.17, 15) is 4.79 Å². The number of ether oxygens (including phenoxy) is 1. The second-order valence-electron chi connectivity index (χ2n) is 2.87. The molecule has 0 saturated heterocycles. The second kappa shape index (κ2) is 2.94. The van der Waals surface area contributed by atoms with Gasteiger partial charge in [-0.25, -0.2) is 4.79 Å². The number of fused-ring (bicyclic) bond motifs is 1. The number of hydrogen-bond donors (Lipinski definition) is 1. The Labute approximate surface area is 75.8 Å². The zero-order valence-electron chi connectivity index (χ0n) is 6.99. The molecule has 2 rings (SSSR count). The van der Waals surface area contributed by atoms with Gasteiger partial charge in [-0.2, -0.15) is 0 Å². The quantitative estimate of drug-likeness (QED) is 0.363.